The fourth-order valence-electron chi connectivity index (χ4n) is 2.40. The van der Waals surface area contributed by atoms with Gasteiger partial charge in [-0.1, -0.05) is 53.3 Å². The molecule has 0 spiro atoms. The van der Waals surface area contributed by atoms with Crippen molar-refractivity contribution in [2.45, 2.75) is 19.1 Å². The lowest BCUT2D eigenvalue weighted by atomic mass is 10.2. The van der Waals surface area contributed by atoms with Crippen LogP contribution in [-0.4, -0.2) is 28.5 Å². The predicted molar refractivity (Wildman–Crippen MR) is 94.5 cm³/mol. The van der Waals surface area contributed by atoms with E-state index in [1.165, 1.54) is 11.8 Å². The second kappa shape index (κ2) is 6.42. The van der Waals surface area contributed by atoms with Crippen molar-refractivity contribution in [2.24, 2.45) is 4.99 Å². The van der Waals surface area contributed by atoms with Gasteiger partial charge in [-0.3, -0.25) is 14.7 Å². The maximum absolute atomic E-state index is 12.5. The first-order valence-electron chi connectivity index (χ1n) is 7.28. The number of aromatic nitrogens is 1. The number of amides is 1. The van der Waals surface area contributed by atoms with E-state index in [0.717, 1.165) is 5.56 Å². The first kappa shape index (κ1) is 15.6. The van der Waals surface area contributed by atoms with Crippen LogP contribution in [0.1, 0.15) is 23.9 Å². The number of carbonyl (C=O) groups is 1. The van der Waals surface area contributed by atoms with Crippen molar-refractivity contribution < 1.29 is 9.32 Å². The average Bonchev–Trinajstić information content (AvgIpc) is 3.06. The topological polar surface area (TPSA) is 58.7 Å². The van der Waals surface area contributed by atoms with Crippen molar-refractivity contribution in [3.8, 4) is 0 Å². The number of rotatable bonds is 3. The largest absolute Gasteiger partial charge is 0.354 e. The Bertz CT molecular complexity index is 780. The van der Waals surface area contributed by atoms with Crippen molar-refractivity contribution in [2.75, 3.05) is 11.9 Å². The molecule has 118 valence electrons. The van der Waals surface area contributed by atoms with E-state index in [4.69, 9.17) is 4.52 Å². The quantitative estimate of drug-likeness (QED) is 0.864. The molecule has 2 aromatic rings. The summed E-state index contributed by atoms with van der Waals surface area (Å²) in [4.78, 5) is 18.3. The lowest BCUT2D eigenvalue weighted by molar-refractivity contribution is -0.116. The lowest BCUT2D eigenvalue weighted by Crippen LogP contribution is -2.32. The molecule has 0 N–H and O–H groups in total. The summed E-state index contributed by atoms with van der Waals surface area (Å²) in [6.45, 7) is 3.70. The molecule has 6 heteroatoms. The minimum absolute atomic E-state index is 0.00346. The van der Waals surface area contributed by atoms with E-state index < -0.39 is 0 Å². The Balaban J connectivity index is 1.99. The molecule has 1 saturated heterocycles. The highest BCUT2D eigenvalue weighted by Crippen LogP contribution is 2.36. The molecule has 1 fully saturated rings. The van der Waals surface area contributed by atoms with Crippen LogP contribution in [0.2, 0.25) is 0 Å². The molecule has 3 rings (SSSR count). The summed E-state index contributed by atoms with van der Waals surface area (Å²) in [7, 11) is 1.68. The van der Waals surface area contributed by atoms with Crippen molar-refractivity contribution in [3.63, 3.8) is 0 Å². The zero-order valence-electron chi connectivity index (χ0n) is 13.2. The van der Waals surface area contributed by atoms with Crippen LogP contribution in [0.5, 0.6) is 0 Å². The van der Waals surface area contributed by atoms with Gasteiger partial charge in [0.1, 0.15) is 11.4 Å². The number of thioether (sulfide) groups is 1. The van der Waals surface area contributed by atoms with Gasteiger partial charge in [0.15, 0.2) is 10.9 Å². The Morgan fingerprint density at radius 1 is 1.30 bits per heavy atom. The third-order valence-electron chi connectivity index (χ3n) is 3.54. The molecule has 1 amide bonds. The van der Waals surface area contributed by atoms with E-state index in [1.807, 2.05) is 56.3 Å². The molecule has 1 aliphatic rings. The number of anilines is 1. The van der Waals surface area contributed by atoms with Crippen molar-refractivity contribution in [1.82, 2.24) is 5.16 Å². The Morgan fingerprint density at radius 2 is 2.04 bits per heavy atom. The number of hydrogen-bond donors (Lipinski definition) is 0. The maximum atomic E-state index is 12.5. The zero-order valence-corrected chi connectivity index (χ0v) is 14.0. The van der Waals surface area contributed by atoms with Gasteiger partial charge in [-0.05, 0) is 25.5 Å². The average molecular weight is 327 g/mol. The van der Waals surface area contributed by atoms with Crippen LogP contribution < -0.4 is 4.90 Å². The predicted octanol–water partition coefficient (Wildman–Crippen LogP) is 3.61. The van der Waals surface area contributed by atoms with E-state index in [2.05, 4.69) is 10.1 Å². The molecule has 2 heterocycles. The first-order chi connectivity index (χ1) is 11.1. The summed E-state index contributed by atoms with van der Waals surface area (Å²) in [5.74, 6) is 0.548. The van der Waals surface area contributed by atoms with Gasteiger partial charge in [-0.2, -0.15) is 0 Å². The third kappa shape index (κ3) is 2.94. The SMILES string of the molecule is CN=C1SC(C)C(=O)N1c1c(C)noc1/C=C/c1ccccc1. The molecule has 23 heavy (non-hydrogen) atoms. The Kier molecular flexibility index (Phi) is 4.34. The number of benzene rings is 1. The van der Waals surface area contributed by atoms with Crippen molar-refractivity contribution >= 4 is 40.7 Å². The first-order valence-corrected chi connectivity index (χ1v) is 8.16. The molecule has 0 saturated carbocycles. The van der Waals surface area contributed by atoms with Gasteiger partial charge >= 0.3 is 0 Å². The third-order valence-corrected chi connectivity index (χ3v) is 4.67. The highest BCUT2D eigenvalue weighted by molar-refractivity contribution is 8.16. The van der Waals surface area contributed by atoms with E-state index in [9.17, 15) is 4.79 Å². The second-order valence-corrected chi connectivity index (χ2v) is 6.47. The van der Waals surface area contributed by atoms with Gasteiger partial charge in [0.25, 0.3) is 0 Å². The number of aliphatic imine (C=N–C) groups is 1. The molecule has 1 aromatic carbocycles. The van der Waals surface area contributed by atoms with Crippen LogP contribution in [-0.2, 0) is 4.79 Å². The maximum Gasteiger partial charge on any atom is 0.246 e. The molecule has 1 atom stereocenters. The van der Waals surface area contributed by atoms with Crippen LogP contribution >= 0.6 is 11.8 Å². The Labute approximate surface area is 139 Å². The molecule has 0 aliphatic carbocycles. The summed E-state index contributed by atoms with van der Waals surface area (Å²) >= 11 is 1.44. The van der Waals surface area contributed by atoms with Gasteiger partial charge in [-0.15, -0.1) is 0 Å². The molecule has 1 aromatic heterocycles. The summed E-state index contributed by atoms with van der Waals surface area (Å²) in [5.41, 5.74) is 2.38. The molecular weight excluding hydrogens is 310 g/mol. The van der Waals surface area contributed by atoms with Crippen LogP contribution in [0, 0.1) is 6.92 Å². The molecular formula is C17H17N3O2S. The Morgan fingerprint density at radius 3 is 2.74 bits per heavy atom. The molecule has 5 nitrogen and oxygen atoms in total. The number of carbonyl (C=O) groups excluding carboxylic acids is 1. The monoisotopic (exact) mass is 327 g/mol. The van der Waals surface area contributed by atoms with Gasteiger partial charge in [0.05, 0.1) is 5.25 Å². The molecule has 0 radical (unpaired) electrons. The fraction of sp³-hybridized carbons (Fsp3) is 0.235. The van der Waals surface area contributed by atoms with Crippen LogP contribution in [0.25, 0.3) is 12.2 Å². The van der Waals surface area contributed by atoms with Crippen LogP contribution in [0.4, 0.5) is 5.69 Å². The zero-order chi connectivity index (χ0) is 16.4. The highest BCUT2D eigenvalue weighted by Gasteiger charge is 2.38. The standard InChI is InChI=1S/C17H17N3O2S/c1-11-15(20-16(21)12(2)23-17(20)18-3)14(22-19-11)10-9-13-7-5-4-6-8-13/h4-10,12H,1-3H3/b10-9+,18-17?. The Hall–Kier alpha value is -2.34. The van der Waals surface area contributed by atoms with Gasteiger partial charge in [0.2, 0.25) is 5.91 Å². The van der Waals surface area contributed by atoms with Crippen LogP contribution in [0.15, 0.2) is 39.8 Å². The fourth-order valence-corrected chi connectivity index (χ4v) is 3.31. The van der Waals surface area contributed by atoms with E-state index in [0.29, 0.717) is 22.3 Å². The van der Waals surface area contributed by atoms with Crippen molar-refractivity contribution in [1.29, 1.82) is 0 Å². The minimum atomic E-state index is -0.158. The van der Waals surface area contributed by atoms with E-state index >= 15 is 0 Å². The van der Waals surface area contributed by atoms with Gasteiger partial charge in [0, 0.05) is 7.05 Å². The molecule has 1 unspecified atom stereocenters. The number of amidine groups is 1. The summed E-state index contributed by atoms with van der Waals surface area (Å²) in [5, 5.41) is 4.53. The minimum Gasteiger partial charge on any atom is -0.354 e. The van der Waals surface area contributed by atoms with Gasteiger partial charge in [-0.25, -0.2) is 0 Å². The van der Waals surface area contributed by atoms with Crippen molar-refractivity contribution in [3.05, 3.63) is 47.3 Å². The van der Waals surface area contributed by atoms with E-state index in [1.54, 1.807) is 11.9 Å². The smallest absolute Gasteiger partial charge is 0.246 e. The summed E-state index contributed by atoms with van der Waals surface area (Å²) < 4.78 is 5.41. The van der Waals surface area contributed by atoms with E-state index in [-0.39, 0.29) is 11.2 Å². The number of nitrogens with zero attached hydrogens (tertiary/aromatic N) is 3. The second-order valence-electron chi connectivity index (χ2n) is 5.16. The lowest BCUT2D eigenvalue weighted by Gasteiger charge is -2.15. The number of hydrogen-bond acceptors (Lipinski definition) is 5. The summed E-state index contributed by atoms with van der Waals surface area (Å²) in [6.07, 6.45) is 3.77. The van der Waals surface area contributed by atoms with Gasteiger partial charge < -0.3 is 4.52 Å². The normalized spacial score (nSPS) is 20.1. The summed E-state index contributed by atoms with van der Waals surface area (Å²) in [6, 6.07) is 9.90. The molecule has 0 bridgehead atoms. The number of aryl methyl sites for hydroxylation is 1. The molecule has 1 aliphatic heterocycles. The van der Waals surface area contributed by atoms with Crippen LogP contribution in [0.3, 0.4) is 0 Å². The highest BCUT2D eigenvalue weighted by atomic mass is 32.2.